The first-order valence-electron chi connectivity index (χ1n) is 24.6. The van der Waals surface area contributed by atoms with Crippen LogP contribution in [0.25, 0.3) is 32.7 Å². The standard InChI is InChI=1S/C55H58N8O9/c64-49(59-47(53(68)63-25-11-22-48(63)54(69)70)28-37-31-58-43-20-9-6-17-40(37)43)24-23-34-14-10-21-44(50(34)65)60-51(66)45(26-35-29-56-41-18-7-4-15-38(35)41)61-52(67)46(27-36-30-57-42-19-8-5-16-39(36)42)62-55(71)72-32-33-12-2-1-3-13-33/h1-9,12-13,15-20,29-31,34,44-48,56-58H,10-11,14,21-28,32H2,(H,59,64)(H,60,66)(H,61,67)(H,62,71)(H,69,70)/t34-,44-,45+,46+,47+,48+/m1/s1. The number of amides is 5. The van der Waals surface area contributed by atoms with Crippen molar-refractivity contribution in [2.24, 2.45) is 5.92 Å². The highest BCUT2D eigenvalue weighted by Crippen LogP contribution is 2.28. The summed E-state index contributed by atoms with van der Waals surface area (Å²) < 4.78 is 5.53. The van der Waals surface area contributed by atoms with Crippen molar-refractivity contribution >= 4 is 74.2 Å². The van der Waals surface area contributed by atoms with Crippen LogP contribution in [0.1, 0.15) is 67.2 Å². The molecular formula is C55H58N8O9. The molecule has 7 aromatic rings. The molecule has 2 fully saturated rings. The Balaban J connectivity index is 0.888. The average molecular weight is 975 g/mol. The van der Waals surface area contributed by atoms with Crippen molar-refractivity contribution < 1.29 is 43.4 Å². The number of benzene rings is 4. The van der Waals surface area contributed by atoms with E-state index in [1.165, 1.54) is 4.90 Å². The van der Waals surface area contributed by atoms with Crippen LogP contribution in [0, 0.1) is 5.92 Å². The number of rotatable bonds is 19. The molecule has 5 amide bonds. The van der Waals surface area contributed by atoms with Gasteiger partial charge in [0.15, 0.2) is 5.78 Å². The van der Waals surface area contributed by atoms with Gasteiger partial charge in [0.05, 0.1) is 6.04 Å². The monoisotopic (exact) mass is 974 g/mol. The number of hydrogen-bond donors (Lipinski definition) is 8. The fraction of sp³-hybridized carbons (Fsp3) is 0.327. The summed E-state index contributed by atoms with van der Waals surface area (Å²) in [6.45, 7) is 0.235. The number of carbonyl (C=O) groups is 7. The third kappa shape index (κ3) is 11.4. The number of fused-ring (bicyclic) bond motifs is 3. The van der Waals surface area contributed by atoms with E-state index in [2.05, 4.69) is 36.2 Å². The Bertz CT molecular complexity index is 3110. The molecule has 0 radical (unpaired) electrons. The maximum atomic E-state index is 14.6. The van der Waals surface area contributed by atoms with E-state index in [0.717, 1.165) is 55.0 Å². The first-order chi connectivity index (χ1) is 35.0. The number of aromatic amines is 3. The molecular weight excluding hydrogens is 917 g/mol. The zero-order valence-corrected chi connectivity index (χ0v) is 39.7. The first kappa shape index (κ1) is 48.8. The second-order valence-corrected chi connectivity index (χ2v) is 18.8. The maximum Gasteiger partial charge on any atom is 0.408 e. The SMILES string of the molecule is O=C(CC[C@H]1CCC[C@@H](NC(=O)[C@H](Cc2c[nH]c3ccccc23)NC(=O)[C@H](Cc2c[nH]c3ccccc23)NC(=O)OCc2ccccc2)C1=O)N[C@@H](Cc1c[nH]c2ccccc12)C(=O)N1CCC[C@H]1C(=O)O. The first-order valence-corrected chi connectivity index (χ1v) is 24.6. The predicted molar refractivity (Wildman–Crippen MR) is 269 cm³/mol. The second kappa shape index (κ2) is 22.3. The fourth-order valence-electron chi connectivity index (χ4n) is 10.3. The third-order valence-corrected chi connectivity index (χ3v) is 14.0. The van der Waals surface area contributed by atoms with Gasteiger partial charge in [0, 0.05) is 89.4 Å². The number of aromatic nitrogens is 3. The molecule has 1 saturated carbocycles. The number of carboxylic acids is 1. The second-order valence-electron chi connectivity index (χ2n) is 18.8. The molecule has 0 spiro atoms. The van der Waals surface area contributed by atoms with Crippen molar-refractivity contribution in [2.45, 2.75) is 101 Å². The number of Topliss-reactive ketones (excluding diaryl/α,β-unsaturated/α-hetero) is 1. The van der Waals surface area contributed by atoms with Crippen molar-refractivity contribution in [2.75, 3.05) is 6.54 Å². The molecule has 8 N–H and O–H groups in total. The van der Waals surface area contributed by atoms with Crippen LogP contribution >= 0.6 is 0 Å². The van der Waals surface area contributed by atoms with E-state index in [1.54, 1.807) is 18.6 Å². The lowest BCUT2D eigenvalue weighted by Crippen LogP contribution is -2.57. The van der Waals surface area contributed by atoms with E-state index >= 15 is 0 Å². The summed E-state index contributed by atoms with van der Waals surface area (Å²) in [4.78, 5) is 107. The van der Waals surface area contributed by atoms with Crippen LogP contribution in [0.3, 0.4) is 0 Å². The number of likely N-dealkylation sites (tertiary alicyclic amines) is 1. The zero-order valence-electron chi connectivity index (χ0n) is 39.7. The number of alkyl carbamates (subject to hydrolysis) is 1. The topological polar surface area (TPSA) is 248 Å². The van der Waals surface area contributed by atoms with Gasteiger partial charge in [0.25, 0.3) is 0 Å². The Kier molecular flexibility index (Phi) is 15.1. The van der Waals surface area contributed by atoms with Crippen molar-refractivity contribution in [3.8, 4) is 0 Å². The number of para-hydroxylation sites is 3. The van der Waals surface area contributed by atoms with Gasteiger partial charge in [-0.15, -0.1) is 0 Å². The summed E-state index contributed by atoms with van der Waals surface area (Å²) in [5, 5.41) is 23.9. The molecule has 4 heterocycles. The highest BCUT2D eigenvalue weighted by molar-refractivity contribution is 5.97. The molecule has 72 heavy (non-hydrogen) atoms. The van der Waals surface area contributed by atoms with Crippen molar-refractivity contribution in [3.63, 3.8) is 0 Å². The lowest BCUT2D eigenvalue weighted by atomic mass is 9.81. The Labute approximate surface area is 414 Å². The van der Waals surface area contributed by atoms with E-state index in [0.29, 0.717) is 32.1 Å². The molecule has 1 saturated heterocycles. The summed E-state index contributed by atoms with van der Waals surface area (Å²) in [6.07, 6.45) is 7.10. The van der Waals surface area contributed by atoms with Crippen LogP contribution < -0.4 is 21.3 Å². The number of carbonyl (C=O) groups excluding carboxylic acids is 6. The molecule has 6 atom stereocenters. The van der Waals surface area contributed by atoms with E-state index in [9.17, 15) is 38.7 Å². The lowest BCUT2D eigenvalue weighted by molar-refractivity contribution is -0.149. The molecule has 4 aromatic carbocycles. The Morgan fingerprint density at radius 3 is 1.75 bits per heavy atom. The van der Waals surface area contributed by atoms with Gasteiger partial charge in [-0.05, 0) is 72.6 Å². The van der Waals surface area contributed by atoms with Crippen molar-refractivity contribution in [1.29, 1.82) is 0 Å². The fourth-order valence-corrected chi connectivity index (χ4v) is 10.3. The predicted octanol–water partition coefficient (Wildman–Crippen LogP) is 6.13. The van der Waals surface area contributed by atoms with Gasteiger partial charge in [-0.25, -0.2) is 9.59 Å². The number of ketones is 1. The Morgan fingerprint density at radius 2 is 1.17 bits per heavy atom. The summed E-state index contributed by atoms with van der Waals surface area (Å²) >= 11 is 0. The molecule has 1 aliphatic carbocycles. The number of ether oxygens (including phenoxy) is 1. The molecule has 0 bridgehead atoms. The van der Waals surface area contributed by atoms with Gasteiger partial charge in [0.1, 0.15) is 30.8 Å². The van der Waals surface area contributed by atoms with E-state index in [-0.39, 0.29) is 51.0 Å². The number of H-pyrrole nitrogens is 3. The minimum absolute atomic E-state index is 0.0273. The van der Waals surface area contributed by atoms with E-state index in [4.69, 9.17) is 4.74 Å². The zero-order chi connectivity index (χ0) is 50.1. The molecule has 17 heteroatoms. The largest absolute Gasteiger partial charge is 0.480 e. The molecule has 3 aromatic heterocycles. The van der Waals surface area contributed by atoms with Crippen LogP contribution in [0.4, 0.5) is 4.79 Å². The quantitative estimate of drug-likeness (QED) is 0.0464. The summed E-state index contributed by atoms with van der Waals surface area (Å²) in [5.74, 6) is -4.09. The van der Waals surface area contributed by atoms with Crippen LogP contribution in [0.15, 0.2) is 122 Å². The summed E-state index contributed by atoms with van der Waals surface area (Å²) in [7, 11) is 0. The molecule has 1 aliphatic heterocycles. The minimum Gasteiger partial charge on any atom is -0.480 e. The molecule has 2 aliphatic rings. The number of carboxylic acid groups (broad SMARTS) is 1. The van der Waals surface area contributed by atoms with Gasteiger partial charge >= 0.3 is 12.1 Å². The van der Waals surface area contributed by atoms with Crippen LogP contribution in [0.5, 0.6) is 0 Å². The van der Waals surface area contributed by atoms with Crippen molar-refractivity contribution in [3.05, 3.63) is 144 Å². The summed E-state index contributed by atoms with van der Waals surface area (Å²) in [5.41, 5.74) is 5.60. The average Bonchev–Trinajstić information content (AvgIpc) is 4.23. The minimum atomic E-state index is -1.19. The number of hydrogen-bond acceptors (Lipinski definition) is 8. The summed E-state index contributed by atoms with van der Waals surface area (Å²) in [6, 6.07) is 26.6. The van der Waals surface area contributed by atoms with Crippen LogP contribution in [-0.4, -0.2) is 103 Å². The number of nitrogens with one attached hydrogen (secondary N) is 7. The molecule has 372 valence electrons. The van der Waals surface area contributed by atoms with E-state index < -0.39 is 71.8 Å². The Morgan fingerprint density at radius 1 is 0.625 bits per heavy atom. The number of aliphatic carboxylic acids is 1. The van der Waals surface area contributed by atoms with Gasteiger partial charge < -0.3 is 51.0 Å². The normalized spacial score (nSPS) is 18.1. The molecule has 17 nitrogen and oxygen atoms in total. The smallest absolute Gasteiger partial charge is 0.408 e. The van der Waals surface area contributed by atoms with Gasteiger partial charge in [-0.2, -0.15) is 0 Å². The highest BCUT2D eigenvalue weighted by Gasteiger charge is 2.39. The maximum absolute atomic E-state index is 14.6. The van der Waals surface area contributed by atoms with Crippen molar-refractivity contribution in [1.82, 2.24) is 41.1 Å². The molecule has 0 unspecified atom stereocenters. The van der Waals surface area contributed by atoms with Gasteiger partial charge in [-0.3, -0.25) is 24.0 Å². The third-order valence-electron chi connectivity index (χ3n) is 14.0. The highest BCUT2D eigenvalue weighted by atomic mass is 16.5. The van der Waals surface area contributed by atoms with Crippen LogP contribution in [0.2, 0.25) is 0 Å². The lowest BCUT2D eigenvalue weighted by Gasteiger charge is -2.30. The van der Waals surface area contributed by atoms with E-state index in [1.807, 2.05) is 103 Å². The Hall–Kier alpha value is -8.21. The van der Waals surface area contributed by atoms with Gasteiger partial charge in [-0.1, -0.05) is 91.3 Å². The van der Waals surface area contributed by atoms with Crippen LogP contribution in [-0.2, 0) is 59.4 Å². The number of nitrogens with zero attached hydrogens (tertiary/aromatic N) is 1. The molecule has 9 rings (SSSR count). The van der Waals surface area contributed by atoms with Gasteiger partial charge in [0.2, 0.25) is 23.6 Å².